The molecule has 0 bridgehead atoms. The summed E-state index contributed by atoms with van der Waals surface area (Å²) in [6.45, 7) is 0. The van der Waals surface area contributed by atoms with Crippen LogP contribution in [-0.4, -0.2) is 25.9 Å². The van der Waals surface area contributed by atoms with Crippen LogP contribution in [0, 0.1) is 0 Å². The first-order chi connectivity index (χ1) is 11.5. The largest absolute Gasteiger partial charge is 0.493 e. The van der Waals surface area contributed by atoms with Gasteiger partial charge in [-0.25, -0.2) is 0 Å². The number of amides is 1. The molecule has 0 aromatic heterocycles. The van der Waals surface area contributed by atoms with Crippen molar-refractivity contribution in [3.05, 3.63) is 64.7 Å². The predicted molar refractivity (Wildman–Crippen MR) is 95.8 cm³/mol. The molecule has 24 heavy (non-hydrogen) atoms. The second kappa shape index (κ2) is 8.31. The maximum absolute atomic E-state index is 12.0. The van der Waals surface area contributed by atoms with Crippen LogP contribution in [0.15, 0.2) is 59.1 Å². The van der Waals surface area contributed by atoms with Crippen LogP contribution >= 0.6 is 15.9 Å². The average molecular weight is 390 g/mol. The van der Waals surface area contributed by atoms with Gasteiger partial charge in [0.1, 0.15) is 0 Å². The molecule has 0 unspecified atom stereocenters. The Kier molecular flexibility index (Phi) is 6.14. The van der Waals surface area contributed by atoms with E-state index in [2.05, 4.69) is 21.2 Å². The number of ketones is 1. The number of nitrogens with one attached hydrogen (secondary N) is 1. The number of anilines is 1. The smallest absolute Gasteiger partial charge is 0.248 e. The van der Waals surface area contributed by atoms with Gasteiger partial charge in [0.25, 0.3) is 0 Å². The molecular formula is C18H16BrNO4. The number of allylic oxidation sites excluding steroid dienone is 1. The average Bonchev–Trinajstić information content (AvgIpc) is 2.60. The summed E-state index contributed by atoms with van der Waals surface area (Å²) >= 11 is 3.30. The van der Waals surface area contributed by atoms with Crippen molar-refractivity contribution in [1.82, 2.24) is 0 Å². The maximum atomic E-state index is 12.0. The maximum Gasteiger partial charge on any atom is 0.248 e. The Hall–Kier alpha value is -2.60. The number of hydrogen-bond acceptors (Lipinski definition) is 4. The lowest BCUT2D eigenvalue weighted by Gasteiger charge is -2.09. The molecule has 2 rings (SSSR count). The predicted octanol–water partition coefficient (Wildman–Crippen LogP) is 3.84. The van der Waals surface area contributed by atoms with Crippen molar-refractivity contribution in [2.24, 2.45) is 0 Å². The molecule has 2 aromatic rings. The number of halogens is 1. The number of carbonyl (C=O) groups is 2. The molecule has 0 saturated carbocycles. The Morgan fingerprint density at radius 3 is 2.25 bits per heavy atom. The van der Waals surface area contributed by atoms with Crippen LogP contribution in [0.3, 0.4) is 0 Å². The third-order valence-corrected chi connectivity index (χ3v) is 3.69. The van der Waals surface area contributed by atoms with E-state index in [1.165, 1.54) is 26.4 Å². The number of methoxy groups -OCH3 is 2. The van der Waals surface area contributed by atoms with E-state index >= 15 is 0 Å². The van der Waals surface area contributed by atoms with Crippen molar-refractivity contribution >= 4 is 33.3 Å². The summed E-state index contributed by atoms with van der Waals surface area (Å²) in [7, 11) is 3.05. The number of ether oxygens (including phenoxy) is 2. The Bertz CT molecular complexity index is 769. The third-order valence-electron chi connectivity index (χ3n) is 3.17. The molecule has 0 spiro atoms. The van der Waals surface area contributed by atoms with Gasteiger partial charge in [-0.15, -0.1) is 0 Å². The fourth-order valence-corrected chi connectivity index (χ4v) is 2.22. The minimum absolute atomic E-state index is 0.245. The zero-order chi connectivity index (χ0) is 17.5. The molecule has 5 nitrogen and oxygen atoms in total. The van der Waals surface area contributed by atoms with E-state index in [0.717, 1.165) is 4.47 Å². The van der Waals surface area contributed by atoms with Crippen LogP contribution in [0.4, 0.5) is 5.69 Å². The van der Waals surface area contributed by atoms with Crippen LogP contribution in [-0.2, 0) is 4.79 Å². The second-order valence-electron chi connectivity index (χ2n) is 4.76. The molecule has 0 aliphatic carbocycles. The topological polar surface area (TPSA) is 64.6 Å². The highest BCUT2D eigenvalue weighted by atomic mass is 79.9. The van der Waals surface area contributed by atoms with Crippen molar-refractivity contribution in [1.29, 1.82) is 0 Å². The quantitative estimate of drug-likeness (QED) is 0.601. The summed E-state index contributed by atoms with van der Waals surface area (Å²) in [6.07, 6.45) is 2.43. The Balaban J connectivity index is 2.02. The van der Waals surface area contributed by atoms with Crippen LogP contribution in [0.2, 0.25) is 0 Å². The van der Waals surface area contributed by atoms with Gasteiger partial charge in [0.15, 0.2) is 17.3 Å². The van der Waals surface area contributed by atoms with E-state index < -0.39 is 5.91 Å². The van der Waals surface area contributed by atoms with E-state index in [9.17, 15) is 9.59 Å². The van der Waals surface area contributed by atoms with Crippen LogP contribution < -0.4 is 14.8 Å². The first-order valence-corrected chi connectivity index (χ1v) is 7.84. The first kappa shape index (κ1) is 17.7. The highest BCUT2D eigenvalue weighted by Gasteiger charge is 2.07. The molecule has 0 aliphatic heterocycles. The number of hydrogen-bond donors (Lipinski definition) is 1. The van der Waals surface area contributed by atoms with Gasteiger partial charge in [-0.2, -0.15) is 0 Å². The third kappa shape index (κ3) is 4.70. The van der Waals surface area contributed by atoms with Crippen LogP contribution in [0.5, 0.6) is 11.5 Å². The van der Waals surface area contributed by atoms with Crippen molar-refractivity contribution in [2.75, 3.05) is 19.5 Å². The van der Waals surface area contributed by atoms with E-state index in [1.54, 1.807) is 42.5 Å². The summed E-state index contributed by atoms with van der Waals surface area (Å²) in [5.41, 5.74) is 1.05. The standard InChI is InChI=1S/C18H16BrNO4/c1-23-16-9-7-14(11-17(16)24-2)20-18(22)10-8-15(21)12-3-5-13(19)6-4-12/h3-11H,1-2H3,(H,20,22)/b10-8+. The number of carbonyl (C=O) groups excluding carboxylic acids is 2. The molecule has 0 atom stereocenters. The van der Waals surface area contributed by atoms with Gasteiger partial charge in [-0.3, -0.25) is 9.59 Å². The van der Waals surface area contributed by atoms with Crippen molar-refractivity contribution in [3.8, 4) is 11.5 Å². The van der Waals surface area contributed by atoms with Gasteiger partial charge in [-0.05, 0) is 42.5 Å². The first-order valence-electron chi connectivity index (χ1n) is 7.04. The van der Waals surface area contributed by atoms with E-state index in [1.807, 2.05) is 0 Å². The summed E-state index contributed by atoms with van der Waals surface area (Å²) in [6, 6.07) is 11.9. The highest BCUT2D eigenvalue weighted by molar-refractivity contribution is 9.10. The zero-order valence-electron chi connectivity index (χ0n) is 13.2. The lowest BCUT2D eigenvalue weighted by Crippen LogP contribution is -2.09. The fraction of sp³-hybridized carbons (Fsp3) is 0.111. The minimum atomic E-state index is -0.410. The summed E-state index contributed by atoms with van der Waals surface area (Å²) in [5.74, 6) is 0.416. The second-order valence-corrected chi connectivity index (χ2v) is 5.68. The molecule has 0 heterocycles. The van der Waals surface area contributed by atoms with Gasteiger partial charge >= 0.3 is 0 Å². The summed E-state index contributed by atoms with van der Waals surface area (Å²) in [5, 5.41) is 2.66. The fourth-order valence-electron chi connectivity index (χ4n) is 1.96. The van der Waals surface area contributed by atoms with E-state index in [0.29, 0.717) is 22.7 Å². The molecule has 0 saturated heterocycles. The highest BCUT2D eigenvalue weighted by Crippen LogP contribution is 2.29. The molecule has 6 heteroatoms. The van der Waals surface area contributed by atoms with Crippen molar-refractivity contribution < 1.29 is 19.1 Å². The molecule has 0 aliphatic rings. The van der Waals surface area contributed by atoms with Gasteiger partial charge in [0, 0.05) is 27.9 Å². The monoisotopic (exact) mass is 389 g/mol. The number of benzene rings is 2. The van der Waals surface area contributed by atoms with Gasteiger partial charge in [-0.1, -0.05) is 15.9 Å². The zero-order valence-corrected chi connectivity index (χ0v) is 14.8. The molecule has 2 aromatic carbocycles. The lowest BCUT2D eigenvalue weighted by molar-refractivity contribution is -0.111. The van der Waals surface area contributed by atoms with E-state index in [-0.39, 0.29) is 5.78 Å². The molecule has 1 amide bonds. The lowest BCUT2D eigenvalue weighted by atomic mass is 10.1. The van der Waals surface area contributed by atoms with Crippen molar-refractivity contribution in [2.45, 2.75) is 0 Å². The Morgan fingerprint density at radius 2 is 1.62 bits per heavy atom. The van der Waals surface area contributed by atoms with Crippen LogP contribution in [0.25, 0.3) is 0 Å². The van der Waals surface area contributed by atoms with Gasteiger partial charge in [0.2, 0.25) is 5.91 Å². The van der Waals surface area contributed by atoms with E-state index in [4.69, 9.17) is 9.47 Å². The molecule has 1 N–H and O–H groups in total. The van der Waals surface area contributed by atoms with Gasteiger partial charge < -0.3 is 14.8 Å². The normalized spacial score (nSPS) is 10.5. The molecule has 124 valence electrons. The molecule has 0 fully saturated rings. The molecular weight excluding hydrogens is 374 g/mol. The molecule has 0 radical (unpaired) electrons. The SMILES string of the molecule is COc1ccc(NC(=O)/C=C/C(=O)c2ccc(Br)cc2)cc1OC. The summed E-state index contributed by atoms with van der Waals surface area (Å²) in [4.78, 5) is 23.9. The Labute approximate surface area is 148 Å². The number of rotatable bonds is 6. The minimum Gasteiger partial charge on any atom is -0.493 e. The van der Waals surface area contributed by atoms with Crippen LogP contribution in [0.1, 0.15) is 10.4 Å². The summed E-state index contributed by atoms with van der Waals surface area (Å²) < 4.78 is 11.2. The van der Waals surface area contributed by atoms with Crippen molar-refractivity contribution in [3.63, 3.8) is 0 Å². The Morgan fingerprint density at radius 1 is 0.958 bits per heavy atom. The van der Waals surface area contributed by atoms with Gasteiger partial charge in [0.05, 0.1) is 14.2 Å².